The Morgan fingerprint density at radius 1 is 1.18 bits per heavy atom. The third kappa shape index (κ3) is 4.31. The zero-order valence-corrected chi connectivity index (χ0v) is 19.8. The minimum atomic E-state index is -0.139. The molecule has 4 bridgehead atoms. The molecule has 176 valence electrons. The van der Waals surface area contributed by atoms with Crippen LogP contribution in [-0.2, 0) is 0 Å². The molecule has 1 unspecified atom stereocenters. The maximum atomic E-state index is 12.9. The number of terminal acetylenes is 1. The molecule has 0 saturated carbocycles. The van der Waals surface area contributed by atoms with Crippen molar-refractivity contribution in [1.82, 2.24) is 19.4 Å². The fourth-order valence-corrected chi connectivity index (χ4v) is 4.73. The van der Waals surface area contributed by atoms with Gasteiger partial charge in [0.1, 0.15) is 11.4 Å². The summed E-state index contributed by atoms with van der Waals surface area (Å²) in [5.74, 6) is 3.89. The molecular formula is C26H30N6O2. The minimum Gasteiger partial charge on any atom is -0.491 e. The largest absolute Gasteiger partial charge is 0.491 e. The van der Waals surface area contributed by atoms with Crippen LogP contribution < -0.4 is 20.5 Å². The highest BCUT2D eigenvalue weighted by Gasteiger charge is 2.20. The number of hydrogen-bond acceptors (Lipinski definition) is 7. The van der Waals surface area contributed by atoms with Gasteiger partial charge in [0.05, 0.1) is 17.7 Å². The van der Waals surface area contributed by atoms with Gasteiger partial charge >= 0.3 is 0 Å². The van der Waals surface area contributed by atoms with E-state index in [2.05, 4.69) is 39.1 Å². The van der Waals surface area contributed by atoms with Crippen LogP contribution in [-0.4, -0.2) is 59.3 Å². The van der Waals surface area contributed by atoms with Crippen LogP contribution in [0.15, 0.2) is 35.3 Å². The first-order chi connectivity index (χ1) is 16.5. The van der Waals surface area contributed by atoms with Crippen molar-refractivity contribution in [1.29, 1.82) is 0 Å². The summed E-state index contributed by atoms with van der Waals surface area (Å²) in [5, 5.41) is 4.00. The zero-order chi connectivity index (χ0) is 23.7. The number of pyridine rings is 1. The molecule has 5 rings (SSSR count). The molecule has 1 N–H and O–H groups in total. The Labute approximate surface area is 199 Å². The molecule has 0 amide bonds. The maximum Gasteiger partial charge on any atom is 0.253 e. The lowest BCUT2D eigenvalue weighted by molar-refractivity contribution is 0.293. The minimum absolute atomic E-state index is 0.0220. The summed E-state index contributed by atoms with van der Waals surface area (Å²) in [6.07, 6.45) is 10.0. The number of ether oxygens (including phenoxy) is 1. The fraction of sp³-hybridized carbons (Fsp3) is 0.423. The predicted octanol–water partition coefficient (Wildman–Crippen LogP) is 3.39. The summed E-state index contributed by atoms with van der Waals surface area (Å²) < 4.78 is 8.01. The van der Waals surface area contributed by atoms with Crippen molar-refractivity contribution < 1.29 is 4.74 Å². The van der Waals surface area contributed by atoms with E-state index in [1.54, 1.807) is 10.8 Å². The summed E-state index contributed by atoms with van der Waals surface area (Å²) in [6, 6.07) is 7.62. The SMILES string of the molecule is C#Cc1cc(=O)n2c3nc(ncc13)Nc1ccc(N3CCN(C)CC3)c(c1)OCCCCC2C. The smallest absolute Gasteiger partial charge is 0.253 e. The Kier molecular flexibility index (Phi) is 6.12. The second-order valence-electron chi connectivity index (χ2n) is 9.13. The molecule has 8 nitrogen and oxygen atoms in total. The second-order valence-corrected chi connectivity index (χ2v) is 9.13. The molecule has 1 saturated heterocycles. The molecule has 34 heavy (non-hydrogen) atoms. The van der Waals surface area contributed by atoms with Gasteiger partial charge in [-0.2, -0.15) is 4.98 Å². The molecule has 0 radical (unpaired) electrons. The van der Waals surface area contributed by atoms with Crippen molar-refractivity contribution in [2.45, 2.75) is 32.2 Å². The molecule has 2 aromatic heterocycles. The van der Waals surface area contributed by atoms with Crippen LogP contribution in [0.25, 0.3) is 11.0 Å². The van der Waals surface area contributed by atoms with Crippen LogP contribution in [0.4, 0.5) is 17.3 Å². The average molecular weight is 459 g/mol. The highest BCUT2D eigenvalue weighted by molar-refractivity contribution is 5.82. The van der Waals surface area contributed by atoms with E-state index in [1.807, 2.05) is 19.1 Å². The van der Waals surface area contributed by atoms with E-state index in [9.17, 15) is 4.79 Å². The lowest BCUT2D eigenvalue weighted by atomic mass is 10.1. The number of fused-ring (bicyclic) bond motifs is 3. The first kappa shape index (κ1) is 22.2. The highest BCUT2D eigenvalue weighted by Crippen LogP contribution is 2.34. The lowest BCUT2D eigenvalue weighted by Gasteiger charge is -2.35. The number of piperazine rings is 1. The Morgan fingerprint density at radius 3 is 2.79 bits per heavy atom. The molecule has 1 atom stereocenters. The molecule has 8 heteroatoms. The number of rotatable bonds is 1. The molecule has 1 fully saturated rings. The van der Waals surface area contributed by atoms with E-state index in [4.69, 9.17) is 16.1 Å². The van der Waals surface area contributed by atoms with E-state index < -0.39 is 0 Å². The fourth-order valence-electron chi connectivity index (χ4n) is 4.73. The third-order valence-corrected chi connectivity index (χ3v) is 6.72. The molecule has 1 aromatic carbocycles. The molecule has 3 aromatic rings. The summed E-state index contributed by atoms with van der Waals surface area (Å²) >= 11 is 0. The van der Waals surface area contributed by atoms with Gasteiger partial charge in [-0.3, -0.25) is 9.36 Å². The number of aromatic nitrogens is 3. The Bertz CT molecular complexity index is 1300. The van der Waals surface area contributed by atoms with Gasteiger partial charge in [0.25, 0.3) is 5.56 Å². The number of benzene rings is 1. The van der Waals surface area contributed by atoms with Crippen LogP contribution in [0.2, 0.25) is 0 Å². The molecular weight excluding hydrogens is 428 g/mol. The quantitative estimate of drug-likeness (QED) is 0.560. The highest BCUT2D eigenvalue weighted by atomic mass is 16.5. The van der Waals surface area contributed by atoms with Crippen LogP contribution in [0.5, 0.6) is 5.75 Å². The van der Waals surface area contributed by atoms with Crippen molar-refractivity contribution in [2.75, 3.05) is 50.1 Å². The number of anilines is 3. The van der Waals surface area contributed by atoms with Gasteiger partial charge in [0, 0.05) is 61.8 Å². The van der Waals surface area contributed by atoms with E-state index >= 15 is 0 Å². The summed E-state index contributed by atoms with van der Waals surface area (Å²) in [7, 11) is 2.16. The van der Waals surface area contributed by atoms with E-state index in [-0.39, 0.29) is 11.6 Å². The van der Waals surface area contributed by atoms with E-state index in [1.165, 1.54) is 6.07 Å². The monoisotopic (exact) mass is 458 g/mol. The Morgan fingerprint density at radius 2 is 2.00 bits per heavy atom. The number of nitrogens with zero attached hydrogens (tertiary/aromatic N) is 5. The average Bonchev–Trinajstić information content (AvgIpc) is 2.83. The maximum absolute atomic E-state index is 12.9. The number of nitrogens with one attached hydrogen (secondary N) is 1. The topological polar surface area (TPSA) is 75.5 Å². The number of hydrogen-bond donors (Lipinski definition) is 1. The normalized spacial score (nSPS) is 19.2. The lowest BCUT2D eigenvalue weighted by Crippen LogP contribution is -2.44. The van der Waals surface area contributed by atoms with E-state index in [0.717, 1.165) is 62.6 Å². The Balaban J connectivity index is 1.57. The molecule has 2 aliphatic heterocycles. The van der Waals surface area contributed by atoms with Crippen molar-refractivity contribution in [3.63, 3.8) is 0 Å². The standard InChI is InChI=1S/C26H30N6O2/c1-4-19-15-24(33)32-18(2)7-5-6-14-34-23-16-20(28-26-27-17-21(19)25(32)29-26)8-9-22(23)31-12-10-30(3)11-13-31/h1,8-9,15-18H,5-7,10-14H2,2-3H3,(H,27,28,29). The summed E-state index contributed by atoms with van der Waals surface area (Å²) in [5.41, 5.74) is 2.89. The van der Waals surface area contributed by atoms with Crippen LogP contribution >= 0.6 is 0 Å². The predicted molar refractivity (Wildman–Crippen MR) is 135 cm³/mol. The van der Waals surface area contributed by atoms with Crippen LogP contribution in [0.1, 0.15) is 37.8 Å². The third-order valence-electron chi connectivity index (χ3n) is 6.72. The summed E-state index contributed by atoms with van der Waals surface area (Å²) in [6.45, 7) is 6.68. The van der Waals surface area contributed by atoms with Gasteiger partial charge in [0.2, 0.25) is 5.95 Å². The van der Waals surface area contributed by atoms with E-state index in [0.29, 0.717) is 29.2 Å². The number of likely N-dealkylation sites (N-methyl/N-ethyl adjacent to an activating group) is 1. The van der Waals surface area contributed by atoms with Gasteiger partial charge in [0.15, 0.2) is 0 Å². The van der Waals surface area contributed by atoms with Gasteiger partial charge in [-0.1, -0.05) is 5.92 Å². The molecule has 0 aliphatic carbocycles. The summed E-state index contributed by atoms with van der Waals surface area (Å²) in [4.78, 5) is 26.9. The van der Waals surface area contributed by atoms with Crippen molar-refractivity contribution in [2.24, 2.45) is 0 Å². The van der Waals surface area contributed by atoms with Crippen LogP contribution in [0.3, 0.4) is 0 Å². The molecule has 0 spiro atoms. The van der Waals surface area contributed by atoms with Crippen molar-refractivity contribution in [3.8, 4) is 18.1 Å². The molecule has 4 heterocycles. The van der Waals surface area contributed by atoms with Gasteiger partial charge in [-0.15, -0.1) is 6.42 Å². The first-order valence-corrected chi connectivity index (χ1v) is 11.9. The van der Waals surface area contributed by atoms with Gasteiger partial charge < -0.3 is 19.9 Å². The van der Waals surface area contributed by atoms with Crippen molar-refractivity contribution >= 4 is 28.4 Å². The zero-order valence-electron chi connectivity index (χ0n) is 19.8. The van der Waals surface area contributed by atoms with Crippen LogP contribution in [0, 0.1) is 12.3 Å². The van der Waals surface area contributed by atoms with Crippen molar-refractivity contribution in [3.05, 3.63) is 46.4 Å². The Hall–Kier alpha value is -3.57. The van der Waals surface area contributed by atoms with Gasteiger partial charge in [-0.05, 0) is 45.4 Å². The molecule has 2 aliphatic rings. The first-order valence-electron chi connectivity index (χ1n) is 11.9. The second kappa shape index (κ2) is 9.35. The van der Waals surface area contributed by atoms with Gasteiger partial charge in [-0.25, -0.2) is 4.98 Å².